The van der Waals surface area contributed by atoms with E-state index in [4.69, 9.17) is 0 Å². The average molecular weight is 324 g/mol. The molecule has 2 amide bonds. The summed E-state index contributed by atoms with van der Waals surface area (Å²) in [6.45, 7) is 3.59. The summed E-state index contributed by atoms with van der Waals surface area (Å²) in [5, 5.41) is 2.82. The zero-order valence-electron chi connectivity index (χ0n) is 14.1. The van der Waals surface area contributed by atoms with Crippen molar-refractivity contribution in [3.8, 4) is 0 Å². The van der Waals surface area contributed by atoms with Gasteiger partial charge in [-0.1, -0.05) is 60.7 Å². The number of benzene rings is 2. The Labute approximate surface area is 143 Å². The van der Waals surface area contributed by atoms with E-state index in [2.05, 4.69) is 5.32 Å². The zero-order chi connectivity index (χ0) is 17.2. The minimum atomic E-state index is -0.220. The van der Waals surface area contributed by atoms with Crippen LogP contribution in [0.1, 0.15) is 24.5 Å². The van der Waals surface area contributed by atoms with Crippen LogP contribution in [0.5, 0.6) is 0 Å². The highest BCUT2D eigenvalue weighted by molar-refractivity contribution is 5.96. The van der Waals surface area contributed by atoms with E-state index < -0.39 is 0 Å². The summed E-state index contributed by atoms with van der Waals surface area (Å²) < 4.78 is 0. The van der Waals surface area contributed by atoms with Crippen LogP contribution in [0.15, 0.2) is 60.7 Å². The highest BCUT2D eigenvalue weighted by atomic mass is 16.2. The first kappa shape index (κ1) is 17.7. The summed E-state index contributed by atoms with van der Waals surface area (Å²) in [6.07, 6.45) is 0.664. The summed E-state index contributed by atoms with van der Waals surface area (Å²) in [5.74, 6) is -0.360. The van der Waals surface area contributed by atoms with E-state index in [1.165, 1.54) is 5.56 Å². The smallest absolute Gasteiger partial charge is 0.232 e. The number of hydrogen-bond acceptors (Lipinski definition) is 2. The molecule has 0 aliphatic heterocycles. The van der Waals surface area contributed by atoms with Crippen molar-refractivity contribution < 1.29 is 9.59 Å². The predicted molar refractivity (Wildman–Crippen MR) is 95.3 cm³/mol. The fourth-order valence-corrected chi connectivity index (χ4v) is 2.48. The molecule has 0 aliphatic carbocycles. The molecular weight excluding hydrogens is 300 g/mol. The van der Waals surface area contributed by atoms with Gasteiger partial charge in [-0.05, 0) is 24.5 Å². The molecule has 2 aromatic rings. The Hall–Kier alpha value is -2.62. The number of hydrogen-bond donors (Lipinski definition) is 1. The third kappa shape index (κ3) is 5.88. The Morgan fingerprint density at radius 1 is 0.917 bits per heavy atom. The molecule has 0 aromatic heterocycles. The van der Waals surface area contributed by atoms with E-state index in [1.54, 1.807) is 4.90 Å². The number of rotatable bonds is 8. The SMILES string of the molecule is CCN(Cc1ccccc1)C(=O)CC(=O)NCCc1ccccc1. The molecule has 0 unspecified atom stereocenters. The van der Waals surface area contributed by atoms with Gasteiger partial charge in [0, 0.05) is 19.6 Å². The molecule has 4 heteroatoms. The lowest BCUT2D eigenvalue weighted by Crippen LogP contribution is -2.35. The lowest BCUT2D eigenvalue weighted by atomic mass is 10.1. The monoisotopic (exact) mass is 324 g/mol. The van der Waals surface area contributed by atoms with Gasteiger partial charge in [0.05, 0.1) is 0 Å². The Morgan fingerprint density at radius 2 is 1.50 bits per heavy atom. The molecule has 4 nitrogen and oxygen atoms in total. The standard InChI is InChI=1S/C20H24N2O2/c1-2-22(16-18-11-7-4-8-12-18)20(24)15-19(23)21-14-13-17-9-5-3-6-10-17/h3-12H,2,13-16H2,1H3,(H,21,23). The van der Waals surface area contributed by atoms with Gasteiger partial charge in [0.15, 0.2) is 0 Å². The molecule has 0 atom stereocenters. The van der Waals surface area contributed by atoms with Crippen LogP contribution in [-0.4, -0.2) is 29.8 Å². The third-order valence-corrected chi connectivity index (χ3v) is 3.84. The van der Waals surface area contributed by atoms with E-state index in [0.29, 0.717) is 19.6 Å². The lowest BCUT2D eigenvalue weighted by Gasteiger charge is -2.20. The van der Waals surface area contributed by atoms with Crippen LogP contribution >= 0.6 is 0 Å². The molecule has 2 aromatic carbocycles. The molecular formula is C20H24N2O2. The molecule has 24 heavy (non-hydrogen) atoms. The summed E-state index contributed by atoms with van der Waals surface area (Å²) in [4.78, 5) is 25.9. The fraction of sp³-hybridized carbons (Fsp3) is 0.300. The van der Waals surface area contributed by atoms with Crippen molar-refractivity contribution in [2.45, 2.75) is 26.3 Å². The quantitative estimate of drug-likeness (QED) is 0.759. The van der Waals surface area contributed by atoms with Crippen LogP contribution in [-0.2, 0) is 22.6 Å². The number of carbonyl (C=O) groups excluding carboxylic acids is 2. The molecule has 0 aliphatic rings. The minimum absolute atomic E-state index is 0.102. The second kappa shape index (κ2) is 9.50. The third-order valence-electron chi connectivity index (χ3n) is 3.84. The maximum Gasteiger partial charge on any atom is 0.232 e. The Morgan fingerprint density at radius 3 is 2.08 bits per heavy atom. The summed E-state index contributed by atoms with van der Waals surface area (Å²) in [5.41, 5.74) is 2.24. The number of carbonyl (C=O) groups is 2. The van der Waals surface area contributed by atoms with Gasteiger partial charge in [0.1, 0.15) is 6.42 Å². The lowest BCUT2D eigenvalue weighted by molar-refractivity contribution is -0.136. The topological polar surface area (TPSA) is 49.4 Å². The van der Waals surface area contributed by atoms with Gasteiger partial charge in [-0.15, -0.1) is 0 Å². The zero-order valence-corrected chi connectivity index (χ0v) is 14.1. The van der Waals surface area contributed by atoms with Crippen molar-refractivity contribution in [2.24, 2.45) is 0 Å². The summed E-state index contributed by atoms with van der Waals surface area (Å²) in [6, 6.07) is 19.8. The second-order valence-corrected chi connectivity index (χ2v) is 5.66. The normalized spacial score (nSPS) is 10.2. The maximum atomic E-state index is 12.3. The van der Waals surface area contributed by atoms with Gasteiger partial charge >= 0.3 is 0 Å². The maximum absolute atomic E-state index is 12.3. The van der Waals surface area contributed by atoms with Gasteiger partial charge in [-0.3, -0.25) is 9.59 Å². The van der Waals surface area contributed by atoms with Gasteiger partial charge in [0.2, 0.25) is 11.8 Å². The largest absolute Gasteiger partial charge is 0.355 e. The minimum Gasteiger partial charge on any atom is -0.355 e. The van der Waals surface area contributed by atoms with E-state index in [0.717, 1.165) is 12.0 Å². The van der Waals surface area contributed by atoms with Crippen LogP contribution in [0.25, 0.3) is 0 Å². The first-order valence-corrected chi connectivity index (χ1v) is 8.31. The van der Waals surface area contributed by atoms with Gasteiger partial charge in [-0.25, -0.2) is 0 Å². The fourth-order valence-electron chi connectivity index (χ4n) is 2.48. The summed E-state index contributed by atoms with van der Waals surface area (Å²) >= 11 is 0. The van der Waals surface area contributed by atoms with Gasteiger partial charge in [-0.2, -0.15) is 0 Å². The molecule has 0 bridgehead atoms. The molecule has 1 N–H and O–H groups in total. The van der Waals surface area contributed by atoms with Crippen molar-refractivity contribution in [3.05, 3.63) is 71.8 Å². The van der Waals surface area contributed by atoms with E-state index in [-0.39, 0.29) is 18.2 Å². The van der Waals surface area contributed by atoms with Crippen molar-refractivity contribution in [1.29, 1.82) is 0 Å². The number of nitrogens with zero attached hydrogens (tertiary/aromatic N) is 1. The average Bonchev–Trinajstić information content (AvgIpc) is 2.61. The highest BCUT2D eigenvalue weighted by Gasteiger charge is 2.16. The van der Waals surface area contributed by atoms with Gasteiger partial charge < -0.3 is 10.2 Å². The first-order chi connectivity index (χ1) is 11.7. The van der Waals surface area contributed by atoms with E-state index >= 15 is 0 Å². The van der Waals surface area contributed by atoms with Crippen LogP contribution in [0.2, 0.25) is 0 Å². The molecule has 0 saturated heterocycles. The Balaban J connectivity index is 1.76. The molecule has 2 rings (SSSR count). The molecule has 0 saturated carbocycles. The molecule has 0 spiro atoms. The Bertz CT molecular complexity index is 641. The number of amides is 2. The van der Waals surface area contributed by atoms with Crippen molar-refractivity contribution in [2.75, 3.05) is 13.1 Å². The first-order valence-electron chi connectivity index (χ1n) is 8.31. The molecule has 0 fully saturated rings. The van der Waals surface area contributed by atoms with Crippen LogP contribution in [0.3, 0.4) is 0 Å². The molecule has 0 radical (unpaired) electrons. The molecule has 0 heterocycles. The number of nitrogens with one attached hydrogen (secondary N) is 1. The summed E-state index contributed by atoms with van der Waals surface area (Å²) in [7, 11) is 0. The van der Waals surface area contributed by atoms with Crippen LogP contribution in [0, 0.1) is 0 Å². The van der Waals surface area contributed by atoms with Crippen molar-refractivity contribution >= 4 is 11.8 Å². The second-order valence-electron chi connectivity index (χ2n) is 5.66. The van der Waals surface area contributed by atoms with Crippen LogP contribution in [0.4, 0.5) is 0 Å². The van der Waals surface area contributed by atoms with E-state index in [1.807, 2.05) is 67.6 Å². The Kier molecular flexibility index (Phi) is 7.02. The predicted octanol–water partition coefficient (Wildman–Crippen LogP) is 2.78. The molecule has 126 valence electrons. The van der Waals surface area contributed by atoms with Gasteiger partial charge in [0.25, 0.3) is 0 Å². The highest BCUT2D eigenvalue weighted by Crippen LogP contribution is 2.06. The van der Waals surface area contributed by atoms with Crippen molar-refractivity contribution in [3.63, 3.8) is 0 Å². The van der Waals surface area contributed by atoms with Crippen molar-refractivity contribution in [1.82, 2.24) is 10.2 Å². The van der Waals surface area contributed by atoms with Crippen LogP contribution < -0.4 is 5.32 Å². The van der Waals surface area contributed by atoms with E-state index in [9.17, 15) is 9.59 Å².